The number of nitrogens with zero attached hydrogens (tertiary/aromatic N) is 1. The minimum atomic E-state index is -0.595. The minimum absolute atomic E-state index is 0.00802. The van der Waals surface area contributed by atoms with Crippen LogP contribution in [0.5, 0.6) is 0 Å². The maximum absolute atomic E-state index is 13.3. The number of nitrogens with one attached hydrogen (secondary N) is 1. The lowest BCUT2D eigenvalue weighted by atomic mass is 9.98. The first-order chi connectivity index (χ1) is 9.27. The molecule has 0 saturated carbocycles. The molecule has 0 aliphatic rings. The Hall–Kier alpha value is -0.840. The van der Waals surface area contributed by atoms with Gasteiger partial charge in [0.2, 0.25) is 0 Å². The van der Waals surface area contributed by atoms with E-state index in [1.54, 1.807) is 11.3 Å². The van der Waals surface area contributed by atoms with E-state index >= 15 is 0 Å². The van der Waals surface area contributed by atoms with E-state index in [1.165, 1.54) is 12.1 Å². The van der Waals surface area contributed by atoms with Crippen molar-refractivity contribution >= 4 is 40.2 Å². The molecule has 108 valence electrons. The summed E-state index contributed by atoms with van der Waals surface area (Å²) in [5, 5.41) is 6.26. The molecule has 0 unspecified atom stereocenters. The summed E-state index contributed by atoms with van der Waals surface area (Å²) in [6, 6.07) is 3.03. The molecule has 2 nitrogen and oxygen atoms in total. The zero-order chi connectivity index (χ0) is 14.9. The molecule has 6 heteroatoms. The molecule has 0 atom stereocenters. The number of hydrogen-bond acceptors (Lipinski definition) is 3. The Morgan fingerprint density at radius 1 is 1.25 bits per heavy atom. The highest BCUT2D eigenvalue weighted by Gasteiger charge is 2.17. The molecule has 0 bridgehead atoms. The van der Waals surface area contributed by atoms with E-state index in [0.29, 0.717) is 12.2 Å². The minimum Gasteiger partial charge on any atom is -0.379 e. The van der Waals surface area contributed by atoms with Crippen LogP contribution in [0.2, 0.25) is 10.0 Å². The van der Waals surface area contributed by atoms with Crippen molar-refractivity contribution in [3.05, 3.63) is 44.1 Å². The Morgan fingerprint density at radius 3 is 2.35 bits per heavy atom. The second-order valence-corrected chi connectivity index (χ2v) is 7.17. The Labute approximate surface area is 131 Å². The van der Waals surface area contributed by atoms with Crippen LogP contribution in [0.15, 0.2) is 17.5 Å². The van der Waals surface area contributed by atoms with Crippen LogP contribution in [0, 0.1) is 5.82 Å². The average molecular weight is 333 g/mol. The van der Waals surface area contributed by atoms with Crippen LogP contribution in [-0.2, 0) is 12.0 Å². The highest BCUT2D eigenvalue weighted by molar-refractivity contribution is 7.09. The Balaban J connectivity index is 2.08. The van der Waals surface area contributed by atoms with Gasteiger partial charge in [-0.05, 0) is 12.1 Å². The highest BCUT2D eigenvalue weighted by atomic mass is 35.5. The SMILES string of the molecule is CC(C)(C)c1nc(CNc2cc(Cl)c(F)c(Cl)c2)cs1. The summed E-state index contributed by atoms with van der Waals surface area (Å²) in [5.41, 5.74) is 1.66. The van der Waals surface area contributed by atoms with Gasteiger partial charge in [0.1, 0.15) is 0 Å². The van der Waals surface area contributed by atoms with Crippen LogP contribution < -0.4 is 5.32 Å². The second kappa shape index (κ2) is 5.88. The number of thiazole rings is 1. The number of anilines is 1. The van der Waals surface area contributed by atoms with Crippen LogP contribution in [0.25, 0.3) is 0 Å². The van der Waals surface area contributed by atoms with E-state index < -0.39 is 5.82 Å². The quantitative estimate of drug-likeness (QED) is 0.750. The third-order valence-electron chi connectivity index (χ3n) is 2.65. The Kier molecular flexibility index (Phi) is 4.57. The van der Waals surface area contributed by atoms with Gasteiger partial charge in [0.05, 0.1) is 27.3 Å². The molecule has 2 aromatic rings. The fraction of sp³-hybridized carbons (Fsp3) is 0.357. The molecule has 1 aromatic heterocycles. The van der Waals surface area contributed by atoms with Crippen molar-refractivity contribution in [2.24, 2.45) is 0 Å². The van der Waals surface area contributed by atoms with Crippen molar-refractivity contribution in [2.75, 3.05) is 5.32 Å². The average Bonchev–Trinajstić information content (AvgIpc) is 2.82. The van der Waals surface area contributed by atoms with Gasteiger partial charge in [0.15, 0.2) is 5.82 Å². The third-order valence-corrected chi connectivity index (χ3v) is 4.52. The van der Waals surface area contributed by atoms with Gasteiger partial charge in [-0.2, -0.15) is 0 Å². The summed E-state index contributed by atoms with van der Waals surface area (Å²) in [4.78, 5) is 4.57. The fourth-order valence-electron chi connectivity index (χ4n) is 1.58. The van der Waals surface area contributed by atoms with Crippen molar-refractivity contribution < 1.29 is 4.39 Å². The lowest BCUT2D eigenvalue weighted by Gasteiger charge is -2.13. The van der Waals surface area contributed by atoms with Crippen LogP contribution in [0.1, 0.15) is 31.5 Å². The maximum atomic E-state index is 13.3. The number of rotatable bonds is 3. The molecule has 0 aliphatic heterocycles. The molecule has 0 spiro atoms. The van der Waals surface area contributed by atoms with Crippen LogP contribution in [0.3, 0.4) is 0 Å². The molecule has 1 N–H and O–H groups in total. The van der Waals surface area contributed by atoms with Gasteiger partial charge in [-0.15, -0.1) is 11.3 Å². The first-order valence-corrected chi connectivity index (χ1v) is 7.74. The number of aromatic nitrogens is 1. The first kappa shape index (κ1) is 15.5. The standard InChI is InChI=1S/C14H15Cl2FN2S/c1-14(2,3)13-19-9(7-20-13)6-18-8-4-10(15)12(17)11(16)5-8/h4-5,7,18H,6H2,1-3H3. The van der Waals surface area contributed by atoms with Gasteiger partial charge in [-0.3, -0.25) is 0 Å². The molecule has 0 aliphatic carbocycles. The number of benzene rings is 1. The Morgan fingerprint density at radius 2 is 1.85 bits per heavy atom. The highest BCUT2D eigenvalue weighted by Crippen LogP contribution is 2.28. The van der Waals surface area contributed by atoms with Gasteiger partial charge in [-0.1, -0.05) is 44.0 Å². The van der Waals surface area contributed by atoms with Gasteiger partial charge >= 0.3 is 0 Å². The molecule has 0 saturated heterocycles. The molecule has 2 rings (SSSR count). The lowest BCUT2D eigenvalue weighted by Crippen LogP contribution is -2.11. The van der Waals surface area contributed by atoms with Gasteiger partial charge < -0.3 is 5.32 Å². The van der Waals surface area contributed by atoms with Crippen LogP contribution >= 0.6 is 34.5 Å². The van der Waals surface area contributed by atoms with E-state index in [2.05, 4.69) is 31.1 Å². The van der Waals surface area contributed by atoms with Crippen molar-refractivity contribution in [1.82, 2.24) is 4.98 Å². The third kappa shape index (κ3) is 3.62. The van der Waals surface area contributed by atoms with E-state index in [0.717, 1.165) is 10.7 Å². The molecule has 0 amide bonds. The molecular weight excluding hydrogens is 318 g/mol. The summed E-state index contributed by atoms with van der Waals surface area (Å²) in [7, 11) is 0. The summed E-state index contributed by atoms with van der Waals surface area (Å²) in [6.45, 7) is 6.93. The smallest absolute Gasteiger partial charge is 0.160 e. The van der Waals surface area contributed by atoms with Crippen LogP contribution in [-0.4, -0.2) is 4.98 Å². The molecule has 1 heterocycles. The van der Waals surface area contributed by atoms with Crippen LogP contribution in [0.4, 0.5) is 10.1 Å². The predicted octanol–water partition coefficient (Wildman–Crippen LogP) is 5.50. The first-order valence-electron chi connectivity index (χ1n) is 6.10. The number of hydrogen-bond donors (Lipinski definition) is 1. The molecular formula is C14H15Cl2FN2S. The zero-order valence-electron chi connectivity index (χ0n) is 11.4. The monoisotopic (exact) mass is 332 g/mol. The molecule has 0 fully saturated rings. The summed E-state index contributed by atoms with van der Waals surface area (Å²) < 4.78 is 13.3. The lowest BCUT2D eigenvalue weighted by molar-refractivity contribution is 0.583. The van der Waals surface area contributed by atoms with E-state index in [9.17, 15) is 4.39 Å². The normalized spacial score (nSPS) is 11.7. The van der Waals surface area contributed by atoms with E-state index in [1.807, 2.05) is 5.38 Å². The Bertz CT molecular complexity index is 597. The van der Waals surface area contributed by atoms with Crippen molar-refractivity contribution in [1.29, 1.82) is 0 Å². The topological polar surface area (TPSA) is 24.9 Å². The van der Waals surface area contributed by atoms with Gasteiger partial charge in [0, 0.05) is 16.5 Å². The number of halogens is 3. The van der Waals surface area contributed by atoms with Crippen molar-refractivity contribution in [2.45, 2.75) is 32.7 Å². The second-order valence-electron chi connectivity index (χ2n) is 5.50. The van der Waals surface area contributed by atoms with Gasteiger partial charge in [-0.25, -0.2) is 9.37 Å². The zero-order valence-corrected chi connectivity index (χ0v) is 13.8. The van der Waals surface area contributed by atoms with Gasteiger partial charge in [0.25, 0.3) is 0 Å². The maximum Gasteiger partial charge on any atom is 0.160 e. The molecule has 1 aromatic carbocycles. The fourth-order valence-corrected chi connectivity index (χ4v) is 2.98. The summed E-state index contributed by atoms with van der Waals surface area (Å²) in [5.74, 6) is -0.595. The summed E-state index contributed by atoms with van der Waals surface area (Å²) >= 11 is 13.1. The molecule has 20 heavy (non-hydrogen) atoms. The van der Waals surface area contributed by atoms with Crippen molar-refractivity contribution in [3.8, 4) is 0 Å². The van der Waals surface area contributed by atoms with E-state index in [4.69, 9.17) is 23.2 Å². The molecule has 0 radical (unpaired) electrons. The largest absolute Gasteiger partial charge is 0.379 e. The van der Waals surface area contributed by atoms with E-state index in [-0.39, 0.29) is 15.5 Å². The predicted molar refractivity (Wildman–Crippen MR) is 84.6 cm³/mol. The van der Waals surface area contributed by atoms with Crippen molar-refractivity contribution in [3.63, 3.8) is 0 Å². The summed E-state index contributed by atoms with van der Waals surface area (Å²) in [6.07, 6.45) is 0.